The van der Waals surface area contributed by atoms with Crippen molar-refractivity contribution in [2.45, 2.75) is 19.4 Å². The highest BCUT2D eigenvalue weighted by Crippen LogP contribution is 2.29. The van der Waals surface area contributed by atoms with Crippen molar-refractivity contribution in [3.05, 3.63) is 54.2 Å². The molecule has 1 aliphatic heterocycles. The molecule has 4 rings (SSSR count). The van der Waals surface area contributed by atoms with Gasteiger partial charge in [0.25, 0.3) is 5.91 Å². The summed E-state index contributed by atoms with van der Waals surface area (Å²) < 4.78 is 41.2. The number of H-pyrrole nitrogens is 1. The highest BCUT2D eigenvalue weighted by atomic mass is 32.2. The number of nitrogens with zero attached hydrogens (tertiary/aromatic N) is 4. The van der Waals surface area contributed by atoms with Crippen molar-refractivity contribution in [1.82, 2.24) is 24.6 Å². The predicted octanol–water partition coefficient (Wildman–Crippen LogP) is 2.00. The molecule has 1 fully saturated rings. The molecular formula is C22H27FN6O3S. The van der Waals surface area contributed by atoms with Crippen molar-refractivity contribution in [3.8, 4) is 0 Å². The Morgan fingerprint density at radius 3 is 2.88 bits per heavy atom. The zero-order chi connectivity index (χ0) is 23.6. The Balaban J connectivity index is 1.41. The van der Waals surface area contributed by atoms with Crippen molar-refractivity contribution in [2.24, 2.45) is 5.92 Å². The smallest absolute Gasteiger partial charge is 0.254 e. The number of nitrogens with one attached hydrogen (secondary N) is 2. The summed E-state index contributed by atoms with van der Waals surface area (Å²) in [6.45, 7) is 2.74. The number of rotatable bonds is 7. The number of fused-ring (bicyclic) bond motifs is 1. The molecule has 3 aromatic rings. The maximum atomic E-state index is 13.8. The number of benzene rings is 1. The lowest BCUT2D eigenvalue weighted by atomic mass is 9.93. The van der Waals surface area contributed by atoms with Gasteiger partial charge < -0.3 is 15.2 Å². The number of sulfonamides is 1. The lowest BCUT2D eigenvalue weighted by molar-refractivity contribution is 0.0952. The molecule has 0 bridgehead atoms. The molecule has 0 spiro atoms. The number of carbonyl (C=O) groups excluding carboxylic acids is 1. The number of piperidine rings is 1. The average molecular weight is 475 g/mol. The van der Waals surface area contributed by atoms with E-state index < -0.39 is 21.7 Å². The number of halogens is 1. The van der Waals surface area contributed by atoms with Gasteiger partial charge in [0.15, 0.2) is 0 Å². The Morgan fingerprint density at radius 2 is 2.09 bits per heavy atom. The van der Waals surface area contributed by atoms with E-state index in [9.17, 15) is 17.6 Å². The second kappa shape index (κ2) is 9.44. The predicted molar refractivity (Wildman–Crippen MR) is 124 cm³/mol. The highest BCUT2D eigenvalue weighted by molar-refractivity contribution is 7.89. The number of anilines is 1. The SMILES string of the molecule is CC1CCN(S(=O)(=O)CCNC(=O)c2ccccc2F)CC1N(C)c1ncnc2[nH]ccc12. The Morgan fingerprint density at radius 1 is 1.30 bits per heavy atom. The van der Waals surface area contributed by atoms with Gasteiger partial charge in [0.1, 0.15) is 23.6 Å². The number of hydrogen-bond donors (Lipinski definition) is 2. The molecule has 2 unspecified atom stereocenters. The topological polar surface area (TPSA) is 111 Å². The maximum Gasteiger partial charge on any atom is 0.254 e. The lowest BCUT2D eigenvalue weighted by Crippen LogP contribution is -2.53. The fraction of sp³-hybridized carbons (Fsp3) is 0.409. The summed E-state index contributed by atoms with van der Waals surface area (Å²) in [5, 5.41) is 3.38. The molecule has 1 saturated heterocycles. The highest BCUT2D eigenvalue weighted by Gasteiger charge is 2.35. The molecule has 1 aliphatic rings. The van der Waals surface area contributed by atoms with E-state index in [1.807, 2.05) is 18.0 Å². The Bertz CT molecular complexity index is 1250. The van der Waals surface area contributed by atoms with Crippen LogP contribution in [0.4, 0.5) is 10.2 Å². The van der Waals surface area contributed by atoms with Crippen LogP contribution in [0, 0.1) is 11.7 Å². The molecule has 0 aliphatic carbocycles. The largest absolute Gasteiger partial charge is 0.354 e. The van der Waals surface area contributed by atoms with Gasteiger partial charge in [-0.05, 0) is 30.5 Å². The van der Waals surface area contributed by atoms with Crippen molar-refractivity contribution >= 4 is 32.8 Å². The van der Waals surface area contributed by atoms with Gasteiger partial charge in [-0.2, -0.15) is 4.31 Å². The minimum absolute atomic E-state index is 0.0745. The molecule has 11 heteroatoms. The van der Waals surface area contributed by atoms with E-state index in [4.69, 9.17) is 0 Å². The number of aromatic amines is 1. The minimum Gasteiger partial charge on any atom is -0.354 e. The van der Waals surface area contributed by atoms with Crippen LogP contribution in [0.3, 0.4) is 0 Å². The van der Waals surface area contributed by atoms with E-state index in [0.717, 1.165) is 16.9 Å². The normalized spacial score (nSPS) is 19.5. The summed E-state index contributed by atoms with van der Waals surface area (Å²) in [6.07, 6.45) is 4.00. The number of amides is 1. The first kappa shape index (κ1) is 23.1. The second-order valence-corrected chi connectivity index (χ2v) is 10.4. The number of hydrogen-bond acceptors (Lipinski definition) is 6. The lowest BCUT2D eigenvalue weighted by Gasteiger charge is -2.41. The van der Waals surface area contributed by atoms with E-state index in [0.29, 0.717) is 19.5 Å². The van der Waals surface area contributed by atoms with Crippen molar-refractivity contribution in [1.29, 1.82) is 0 Å². The van der Waals surface area contributed by atoms with Gasteiger partial charge in [-0.3, -0.25) is 4.79 Å². The van der Waals surface area contributed by atoms with Crippen LogP contribution < -0.4 is 10.2 Å². The minimum atomic E-state index is -3.62. The van der Waals surface area contributed by atoms with Crippen LogP contribution in [-0.2, 0) is 10.0 Å². The van der Waals surface area contributed by atoms with Gasteiger partial charge in [0.05, 0.1) is 16.7 Å². The molecule has 3 heterocycles. The number of aromatic nitrogens is 3. The molecule has 2 N–H and O–H groups in total. The standard InChI is InChI=1S/C22H27FN6O3S/c1-15-8-11-29(13-19(15)28(2)21-17-7-9-24-20(17)26-14-27-21)33(31,32)12-10-25-22(30)16-5-3-4-6-18(16)23/h3-7,9,14-15,19H,8,10-13H2,1-2H3,(H,25,30)(H,24,26,27). The summed E-state index contributed by atoms with van der Waals surface area (Å²) in [5.74, 6) is -0.531. The van der Waals surface area contributed by atoms with Crippen molar-refractivity contribution in [3.63, 3.8) is 0 Å². The molecule has 0 radical (unpaired) electrons. The summed E-state index contributed by atoms with van der Waals surface area (Å²) in [7, 11) is -1.70. The monoisotopic (exact) mass is 474 g/mol. The third kappa shape index (κ3) is 4.83. The van der Waals surface area contributed by atoms with E-state index >= 15 is 0 Å². The molecule has 9 nitrogen and oxygen atoms in total. The summed E-state index contributed by atoms with van der Waals surface area (Å²) in [6, 6.07) is 7.43. The number of carbonyl (C=O) groups is 1. The van der Waals surface area contributed by atoms with E-state index in [-0.39, 0.29) is 29.8 Å². The van der Waals surface area contributed by atoms with Crippen LogP contribution in [0.25, 0.3) is 11.0 Å². The van der Waals surface area contributed by atoms with Gasteiger partial charge in [-0.25, -0.2) is 22.8 Å². The van der Waals surface area contributed by atoms with Crippen molar-refractivity contribution < 1.29 is 17.6 Å². The third-order valence-electron chi connectivity index (χ3n) is 6.20. The van der Waals surface area contributed by atoms with E-state index in [1.165, 1.54) is 28.8 Å². The van der Waals surface area contributed by atoms with Gasteiger partial charge in [-0.15, -0.1) is 0 Å². The molecule has 176 valence electrons. The molecule has 1 aromatic carbocycles. The fourth-order valence-corrected chi connectivity index (χ4v) is 5.62. The first-order chi connectivity index (χ1) is 15.8. The molecule has 33 heavy (non-hydrogen) atoms. The summed E-state index contributed by atoms with van der Waals surface area (Å²) in [5.41, 5.74) is 0.620. The zero-order valence-corrected chi connectivity index (χ0v) is 19.3. The maximum absolute atomic E-state index is 13.8. The van der Waals surface area contributed by atoms with Gasteiger partial charge in [0, 0.05) is 38.9 Å². The fourth-order valence-electron chi connectivity index (χ4n) is 4.24. The summed E-state index contributed by atoms with van der Waals surface area (Å²) in [4.78, 5) is 25.9. The van der Waals surface area contributed by atoms with Gasteiger partial charge in [-0.1, -0.05) is 19.1 Å². The molecule has 2 atom stereocenters. The van der Waals surface area contributed by atoms with Crippen LogP contribution in [0.15, 0.2) is 42.9 Å². The van der Waals surface area contributed by atoms with Crippen LogP contribution in [0.2, 0.25) is 0 Å². The Labute approximate surface area is 192 Å². The third-order valence-corrected chi connectivity index (χ3v) is 8.04. The molecular weight excluding hydrogens is 447 g/mol. The zero-order valence-electron chi connectivity index (χ0n) is 18.5. The quantitative estimate of drug-likeness (QED) is 0.542. The van der Waals surface area contributed by atoms with E-state index in [1.54, 1.807) is 12.3 Å². The first-order valence-electron chi connectivity index (χ1n) is 10.8. The first-order valence-corrected chi connectivity index (χ1v) is 12.4. The van der Waals surface area contributed by atoms with E-state index in [2.05, 4.69) is 27.2 Å². The summed E-state index contributed by atoms with van der Waals surface area (Å²) >= 11 is 0. The van der Waals surface area contributed by atoms with Gasteiger partial charge >= 0.3 is 0 Å². The van der Waals surface area contributed by atoms with Crippen LogP contribution >= 0.6 is 0 Å². The second-order valence-electron chi connectivity index (χ2n) is 8.29. The van der Waals surface area contributed by atoms with Crippen molar-refractivity contribution in [2.75, 3.05) is 37.3 Å². The Kier molecular flexibility index (Phi) is 6.61. The van der Waals surface area contributed by atoms with Crippen LogP contribution in [0.5, 0.6) is 0 Å². The Hall–Kier alpha value is -3.05. The molecule has 0 saturated carbocycles. The average Bonchev–Trinajstić information content (AvgIpc) is 3.28. The molecule has 1 amide bonds. The number of likely N-dealkylation sites (N-methyl/N-ethyl adjacent to an activating group) is 1. The van der Waals surface area contributed by atoms with Crippen LogP contribution in [-0.4, -0.2) is 72.1 Å². The van der Waals surface area contributed by atoms with Gasteiger partial charge in [0.2, 0.25) is 10.0 Å². The van der Waals surface area contributed by atoms with Crippen LogP contribution in [0.1, 0.15) is 23.7 Å². The molecule has 2 aromatic heterocycles.